The summed E-state index contributed by atoms with van der Waals surface area (Å²) >= 11 is 0. The Hall–Kier alpha value is -3.00. The Morgan fingerprint density at radius 2 is 1.90 bits per heavy atom. The summed E-state index contributed by atoms with van der Waals surface area (Å²) in [5.41, 5.74) is 4.06. The molecule has 0 N–H and O–H groups in total. The van der Waals surface area contributed by atoms with Gasteiger partial charge in [-0.25, -0.2) is 4.63 Å². The Kier molecular flexibility index (Phi) is 4.89. The third-order valence-electron chi connectivity index (χ3n) is 7.40. The molecule has 0 aliphatic carbocycles. The van der Waals surface area contributed by atoms with E-state index in [0.717, 1.165) is 18.7 Å². The molecule has 3 aromatic rings. The van der Waals surface area contributed by atoms with E-state index in [9.17, 15) is 10.1 Å². The highest BCUT2D eigenvalue weighted by molar-refractivity contribution is 5.93. The van der Waals surface area contributed by atoms with E-state index in [2.05, 4.69) is 58.4 Å². The fraction of sp³-hybridized carbons (Fsp3) is 0.478. The van der Waals surface area contributed by atoms with E-state index in [-0.39, 0.29) is 11.2 Å². The van der Waals surface area contributed by atoms with Crippen LogP contribution < -0.4 is 4.90 Å². The second-order valence-corrected chi connectivity index (χ2v) is 9.08. The van der Waals surface area contributed by atoms with Crippen LogP contribution in [-0.2, 0) is 0 Å². The highest BCUT2D eigenvalue weighted by Gasteiger charge is 2.46. The molecular formula is C23H27N5O3. The molecule has 0 saturated carbocycles. The summed E-state index contributed by atoms with van der Waals surface area (Å²) in [4.78, 5) is 15.6. The second kappa shape index (κ2) is 7.60. The van der Waals surface area contributed by atoms with Crippen LogP contribution in [-0.4, -0.2) is 52.9 Å². The van der Waals surface area contributed by atoms with Gasteiger partial charge in [0.1, 0.15) is 0 Å². The minimum Gasteiger partial charge on any atom is -0.372 e. The molecule has 2 aromatic carbocycles. The number of hydrogen-bond acceptors (Lipinski definition) is 7. The van der Waals surface area contributed by atoms with Gasteiger partial charge in [0.05, 0.1) is 10.6 Å². The molecule has 2 fully saturated rings. The van der Waals surface area contributed by atoms with E-state index in [1.54, 1.807) is 6.07 Å². The predicted molar refractivity (Wildman–Crippen MR) is 118 cm³/mol. The Balaban J connectivity index is 1.48. The van der Waals surface area contributed by atoms with Gasteiger partial charge in [0, 0.05) is 31.7 Å². The van der Waals surface area contributed by atoms with Gasteiger partial charge in [-0.05, 0) is 67.0 Å². The van der Waals surface area contributed by atoms with Gasteiger partial charge >= 0.3 is 5.69 Å². The van der Waals surface area contributed by atoms with Crippen molar-refractivity contribution < 1.29 is 9.55 Å². The van der Waals surface area contributed by atoms with Crippen molar-refractivity contribution in [3.8, 4) is 0 Å². The van der Waals surface area contributed by atoms with Crippen LogP contribution in [0.15, 0.2) is 41.0 Å². The van der Waals surface area contributed by atoms with Gasteiger partial charge in [-0.2, -0.15) is 0 Å². The molecule has 4 unspecified atom stereocenters. The standard InChI is InChI=1S/C23H27N5O3/c1-14-4-6-15(7-5-14)17-12-16-8-9-19(27(16)3)18(17)13-26(2)20-10-11-21(28(29)30)23-22(20)24-31-25-23/h4-7,10-11,16-19H,8-9,12-13H2,1-3H3. The first-order valence-corrected chi connectivity index (χ1v) is 10.8. The van der Waals surface area contributed by atoms with Crippen LogP contribution in [0.5, 0.6) is 0 Å². The van der Waals surface area contributed by atoms with Crippen LogP contribution in [0.2, 0.25) is 0 Å². The maximum Gasteiger partial charge on any atom is 0.300 e. The number of piperidine rings is 1. The number of fused-ring (bicyclic) bond motifs is 3. The molecule has 1 aromatic heterocycles. The molecule has 5 rings (SSSR count). The lowest BCUT2D eigenvalue weighted by Crippen LogP contribution is -2.49. The predicted octanol–water partition coefficient (Wildman–Crippen LogP) is 4.14. The molecule has 2 saturated heterocycles. The van der Waals surface area contributed by atoms with E-state index in [0.29, 0.717) is 29.4 Å². The van der Waals surface area contributed by atoms with Crippen molar-refractivity contribution in [1.82, 2.24) is 15.2 Å². The van der Waals surface area contributed by atoms with Crippen LogP contribution in [0.4, 0.5) is 11.4 Å². The molecule has 0 radical (unpaired) electrons. The molecule has 2 bridgehead atoms. The van der Waals surface area contributed by atoms with Crippen molar-refractivity contribution in [1.29, 1.82) is 0 Å². The number of nitro groups is 1. The number of rotatable bonds is 5. The molecule has 2 aliphatic heterocycles. The van der Waals surface area contributed by atoms with Crippen molar-refractivity contribution in [3.63, 3.8) is 0 Å². The number of hydrogen-bond donors (Lipinski definition) is 0. The molecule has 8 heteroatoms. The Bertz CT molecular complexity index is 1110. The lowest BCUT2D eigenvalue weighted by atomic mass is 9.75. The maximum absolute atomic E-state index is 11.3. The Morgan fingerprint density at radius 3 is 2.65 bits per heavy atom. The molecule has 3 heterocycles. The molecule has 8 nitrogen and oxygen atoms in total. The van der Waals surface area contributed by atoms with Crippen molar-refractivity contribution in [2.24, 2.45) is 5.92 Å². The summed E-state index contributed by atoms with van der Waals surface area (Å²) in [5, 5.41) is 19.1. The minimum atomic E-state index is -0.446. The zero-order valence-corrected chi connectivity index (χ0v) is 18.1. The van der Waals surface area contributed by atoms with Crippen molar-refractivity contribution in [3.05, 3.63) is 57.6 Å². The molecule has 4 atom stereocenters. The zero-order valence-electron chi connectivity index (χ0n) is 18.1. The highest BCUT2D eigenvalue weighted by atomic mass is 16.6. The maximum atomic E-state index is 11.3. The summed E-state index contributed by atoms with van der Waals surface area (Å²) in [6.07, 6.45) is 3.62. The number of anilines is 1. The third kappa shape index (κ3) is 3.35. The van der Waals surface area contributed by atoms with Crippen LogP contribution >= 0.6 is 0 Å². The second-order valence-electron chi connectivity index (χ2n) is 9.08. The SMILES string of the molecule is Cc1ccc(C2CC3CCC(C2CN(C)c2ccc([N+](=O)[O-])c4nonc24)N3C)cc1. The normalized spacial score (nSPS) is 25.8. The Labute approximate surface area is 180 Å². The molecular weight excluding hydrogens is 394 g/mol. The van der Waals surface area contributed by atoms with E-state index in [1.165, 1.54) is 30.0 Å². The molecule has 0 spiro atoms. The minimum absolute atomic E-state index is 0.0815. The lowest BCUT2D eigenvalue weighted by molar-refractivity contribution is -0.383. The summed E-state index contributed by atoms with van der Waals surface area (Å²) in [5.74, 6) is 0.933. The topological polar surface area (TPSA) is 88.5 Å². The summed E-state index contributed by atoms with van der Waals surface area (Å²) < 4.78 is 4.86. The summed E-state index contributed by atoms with van der Waals surface area (Å²) in [6.45, 7) is 2.96. The van der Waals surface area contributed by atoms with E-state index >= 15 is 0 Å². The highest BCUT2D eigenvalue weighted by Crippen LogP contribution is 2.47. The number of aromatic nitrogens is 2. The van der Waals surface area contributed by atoms with Gasteiger partial charge in [-0.1, -0.05) is 29.8 Å². The number of aryl methyl sites for hydroxylation is 1. The van der Waals surface area contributed by atoms with Gasteiger partial charge in [-0.15, -0.1) is 0 Å². The number of benzene rings is 2. The van der Waals surface area contributed by atoms with Crippen LogP contribution in [0.25, 0.3) is 11.0 Å². The summed E-state index contributed by atoms with van der Waals surface area (Å²) in [6, 6.07) is 13.4. The fourth-order valence-corrected chi connectivity index (χ4v) is 5.73. The molecule has 31 heavy (non-hydrogen) atoms. The number of non-ortho nitro benzene ring substituents is 1. The lowest BCUT2D eigenvalue weighted by Gasteiger charge is -2.45. The zero-order chi connectivity index (χ0) is 21.7. The average molecular weight is 422 g/mol. The Morgan fingerprint density at radius 1 is 1.16 bits per heavy atom. The number of nitrogens with zero attached hydrogens (tertiary/aromatic N) is 5. The fourth-order valence-electron chi connectivity index (χ4n) is 5.73. The number of nitro benzene ring substituents is 1. The molecule has 162 valence electrons. The van der Waals surface area contributed by atoms with Gasteiger partial charge in [0.25, 0.3) is 0 Å². The molecule has 2 aliphatic rings. The average Bonchev–Trinajstić information content (AvgIpc) is 3.32. The first-order chi connectivity index (χ1) is 14.9. The van der Waals surface area contributed by atoms with Crippen LogP contribution in [0, 0.1) is 23.0 Å². The largest absolute Gasteiger partial charge is 0.372 e. The van der Waals surface area contributed by atoms with E-state index in [4.69, 9.17) is 4.63 Å². The van der Waals surface area contributed by atoms with Crippen LogP contribution in [0.1, 0.15) is 36.3 Å². The van der Waals surface area contributed by atoms with Gasteiger partial charge < -0.3 is 9.80 Å². The van der Waals surface area contributed by atoms with Gasteiger partial charge in [0.15, 0.2) is 5.52 Å². The summed E-state index contributed by atoms with van der Waals surface area (Å²) in [7, 11) is 4.29. The third-order valence-corrected chi connectivity index (χ3v) is 7.40. The van der Waals surface area contributed by atoms with E-state index in [1.807, 2.05) is 7.05 Å². The molecule has 0 amide bonds. The smallest absolute Gasteiger partial charge is 0.300 e. The first-order valence-electron chi connectivity index (χ1n) is 10.8. The van der Waals surface area contributed by atoms with Gasteiger partial charge in [-0.3, -0.25) is 10.1 Å². The van der Waals surface area contributed by atoms with Crippen molar-refractivity contribution >= 4 is 22.4 Å². The van der Waals surface area contributed by atoms with Crippen molar-refractivity contribution in [2.75, 3.05) is 25.5 Å². The van der Waals surface area contributed by atoms with E-state index < -0.39 is 4.92 Å². The van der Waals surface area contributed by atoms with Gasteiger partial charge in [0.2, 0.25) is 5.52 Å². The monoisotopic (exact) mass is 421 g/mol. The van der Waals surface area contributed by atoms with Crippen LogP contribution in [0.3, 0.4) is 0 Å². The first kappa shape index (κ1) is 19.9. The van der Waals surface area contributed by atoms with Crippen molar-refractivity contribution in [2.45, 2.75) is 44.2 Å². The quantitative estimate of drug-likeness (QED) is 0.452.